The Kier molecular flexibility index (Phi) is 3.40. The van der Waals surface area contributed by atoms with E-state index < -0.39 is 0 Å². The van der Waals surface area contributed by atoms with E-state index in [1.54, 1.807) is 0 Å². The second kappa shape index (κ2) is 5.57. The number of hydrogen-bond donors (Lipinski definition) is 0. The Morgan fingerprint density at radius 2 is 1.74 bits per heavy atom. The molecular weight excluding hydrogens is 348 g/mol. The zero-order valence-corrected chi connectivity index (χ0v) is 13.9. The summed E-state index contributed by atoms with van der Waals surface area (Å²) in [6.45, 7) is 0.764. The van der Waals surface area contributed by atoms with Gasteiger partial charge in [-0.3, -0.25) is 0 Å². The molecular formula is C20H13BrN2. The number of rotatable bonds is 2. The first-order valence-corrected chi connectivity index (χ1v) is 8.21. The van der Waals surface area contributed by atoms with Crippen molar-refractivity contribution in [1.29, 1.82) is 5.26 Å². The lowest BCUT2D eigenvalue weighted by Gasteiger charge is -2.11. The van der Waals surface area contributed by atoms with Gasteiger partial charge in [0.25, 0.3) is 0 Å². The number of fused-ring (bicyclic) bond motifs is 2. The summed E-state index contributed by atoms with van der Waals surface area (Å²) in [5, 5.41) is 12.8. The first-order chi connectivity index (χ1) is 11.3. The highest BCUT2D eigenvalue weighted by Crippen LogP contribution is 2.28. The van der Waals surface area contributed by atoms with Crippen LogP contribution in [0.15, 0.2) is 71.3 Å². The van der Waals surface area contributed by atoms with Gasteiger partial charge >= 0.3 is 0 Å². The molecule has 23 heavy (non-hydrogen) atoms. The van der Waals surface area contributed by atoms with Crippen LogP contribution in [0.25, 0.3) is 21.7 Å². The van der Waals surface area contributed by atoms with Crippen LogP contribution in [0.2, 0.25) is 0 Å². The van der Waals surface area contributed by atoms with E-state index in [-0.39, 0.29) is 0 Å². The Morgan fingerprint density at radius 3 is 2.61 bits per heavy atom. The molecule has 0 radical (unpaired) electrons. The molecule has 0 aliphatic rings. The molecule has 110 valence electrons. The van der Waals surface area contributed by atoms with Crippen molar-refractivity contribution in [2.75, 3.05) is 0 Å². The number of aromatic nitrogens is 1. The lowest BCUT2D eigenvalue weighted by molar-refractivity contribution is 0.823. The lowest BCUT2D eigenvalue weighted by atomic mass is 10.0. The average molecular weight is 361 g/mol. The minimum atomic E-state index is 0.683. The molecule has 3 aromatic carbocycles. The first-order valence-electron chi connectivity index (χ1n) is 7.42. The normalized spacial score (nSPS) is 11.0. The van der Waals surface area contributed by atoms with Crippen LogP contribution in [0.1, 0.15) is 11.1 Å². The number of halogens is 1. The van der Waals surface area contributed by atoms with E-state index in [0.717, 1.165) is 22.1 Å². The predicted octanol–water partition coefficient (Wildman–Crippen LogP) is 5.48. The molecule has 1 aromatic heterocycles. The van der Waals surface area contributed by atoms with E-state index in [1.165, 1.54) is 16.3 Å². The van der Waals surface area contributed by atoms with Gasteiger partial charge in [-0.2, -0.15) is 5.26 Å². The Morgan fingerprint density at radius 1 is 0.913 bits per heavy atom. The summed E-state index contributed by atoms with van der Waals surface area (Å²) in [5.41, 5.74) is 3.02. The maximum Gasteiger partial charge on any atom is 0.0992 e. The second-order valence-corrected chi connectivity index (χ2v) is 6.39. The quantitative estimate of drug-likeness (QED) is 0.465. The number of nitrogens with zero attached hydrogens (tertiary/aromatic N) is 2. The van der Waals surface area contributed by atoms with Crippen molar-refractivity contribution in [2.24, 2.45) is 0 Å². The molecule has 0 aliphatic heterocycles. The molecule has 0 atom stereocenters. The molecule has 1 heterocycles. The van der Waals surface area contributed by atoms with Gasteiger partial charge in [-0.05, 0) is 50.5 Å². The highest BCUT2D eigenvalue weighted by Gasteiger charge is 2.09. The minimum Gasteiger partial charge on any atom is -0.331 e. The fourth-order valence-corrected chi connectivity index (χ4v) is 3.61. The van der Waals surface area contributed by atoms with Crippen LogP contribution >= 0.6 is 15.9 Å². The molecule has 0 fully saturated rings. The van der Waals surface area contributed by atoms with Crippen molar-refractivity contribution in [2.45, 2.75) is 6.54 Å². The highest BCUT2D eigenvalue weighted by atomic mass is 79.9. The summed E-state index contributed by atoms with van der Waals surface area (Å²) in [6.07, 6.45) is 0. The largest absolute Gasteiger partial charge is 0.331 e. The van der Waals surface area contributed by atoms with E-state index in [4.69, 9.17) is 5.26 Å². The van der Waals surface area contributed by atoms with Gasteiger partial charge in [0.2, 0.25) is 0 Å². The maximum atomic E-state index is 9.15. The van der Waals surface area contributed by atoms with E-state index >= 15 is 0 Å². The van der Waals surface area contributed by atoms with Crippen molar-refractivity contribution in [3.05, 3.63) is 82.5 Å². The molecule has 0 aliphatic carbocycles. The summed E-state index contributed by atoms with van der Waals surface area (Å²) in [4.78, 5) is 0. The Labute approximate surface area is 142 Å². The predicted molar refractivity (Wildman–Crippen MR) is 97.4 cm³/mol. The van der Waals surface area contributed by atoms with Crippen LogP contribution in [-0.2, 0) is 6.54 Å². The summed E-state index contributed by atoms with van der Waals surface area (Å²) < 4.78 is 3.23. The van der Waals surface area contributed by atoms with Crippen LogP contribution in [0.3, 0.4) is 0 Å². The number of benzene rings is 3. The summed E-state index contributed by atoms with van der Waals surface area (Å²) in [7, 11) is 0. The van der Waals surface area contributed by atoms with Crippen molar-refractivity contribution in [3.8, 4) is 6.07 Å². The Bertz CT molecular complexity index is 1060. The summed E-state index contributed by atoms with van der Waals surface area (Å²) >= 11 is 3.66. The molecule has 0 amide bonds. The zero-order valence-electron chi connectivity index (χ0n) is 12.3. The molecule has 2 nitrogen and oxygen atoms in total. The van der Waals surface area contributed by atoms with Crippen LogP contribution < -0.4 is 0 Å². The summed E-state index contributed by atoms with van der Waals surface area (Å²) in [5.74, 6) is 0. The van der Waals surface area contributed by atoms with Gasteiger partial charge in [-0.1, -0.05) is 48.5 Å². The van der Waals surface area contributed by atoms with Crippen molar-refractivity contribution < 1.29 is 0 Å². The number of nitriles is 1. The molecule has 3 heteroatoms. The topological polar surface area (TPSA) is 28.7 Å². The molecule has 0 unspecified atom stereocenters. The van der Waals surface area contributed by atoms with Crippen molar-refractivity contribution >= 4 is 37.6 Å². The highest BCUT2D eigenvalue weighted by molar-refractivity contribution is 9.10. The zero-order chi connectivity index (χ0) is 15.8. The SMILES string of the molecule is N#Cc1ccc2cc(Br)n(Cc3cccc4ccccc34)c2c1. The van der Waals surface area contributed by atoms with Crippen LogP contribution in [0.4, 0.5) is 0 Å². The third kappa shape index (κ3) is 2.42. The van der Waals surface area contributed by atoms with Gasteiger partial charge < -0.3 is 4.57 Å². The molecule has 0 saturated heterocycles. The van der Waals surface area contributed by atoms with Gasteiger partial charge in [-0.25, -0.2) is 0 Å². The maximum absolute atomic E-state index is 9.15. The van der Waals surface area contributed by atoms with Gasteiger partial charge in [0.1, 0.15) is 0 Å². The molecule has 0 N–H and O–H groups in total. The van der Waals surface area contributed by atoms with Crippen LogP contribution in [0, 0.1) is 11.3 Å². The molecule has 4 rings (SSSR count). The average Bonchev–Trinajstić information content (AvgIpc) is 2.90. The smallest absolute Gasteiger partial charge is 0.0992 e. The van der Waals surface area contributed by atoms with E-state index in [0.29, 0.717) is 5.56 Å². The molecule has 4 aromatic rings. The Balaban J connectivity index is 1.89. The van der Waals surface area contributed by atoms with Gasteiger partial charge in [0, 0.05) is 11.9 Å². The number of hydrogen-bond acceptors (Lipinski definition) is 1. The Hall–Kier alpha value is -2.57. The first kappa shape index (κ1) is 14.0. The minimum absolute atomic E-state index is 0.683. The van der Waals surface area contributed by atoms with Crippen LogP contribution in [0.5, 0.6) is 0 Å². The van der Waals surface area contributed by atoms with E-state index in [9.17, 15) is 0 Å². The molecule has 0 saturated carbocycles. The lowest BCUT2D eigenvalue weighted by Crippen LogP contribution is -2.00. The summed E-state index contributed by atoms with van der Waals surface area (Å²) in [6, 6.07) is 24.9. The van der Waals surface area contributed by atoms with Crippen LogP contribution in [-0.4, -0.2) is 4.57 Å². The fourth-order valence-electron chi connectivity index (χ4n) is 3.05. The monoisotopic (exact) mass is 360 g/mol. The van der Waals surface area contributed by atoms with E-state index in [2.05, 4.69) is 75.1 Å². The second-order valence-electron chi connectivity index (χ2n) is 5.58. The third-order valence-corrected chi connectivity index (χ3v) is 4.85. The van der Waals surface area contributed by atoms with E-state index in [1.807, 2.05) is 18.2 Å². The van der Waals surface area contributed by atoms with Crippen molar-refractivity contribution in [3.63, 3.8) is 0 Å². The van der Waals surface area contributed by atoms with Gasteiger partial charge in [0.05, 0.1) is 21.8 Å². The third-order valence-electron chi connectivity index (χ3n) is 4.19. The van der Waals surface area contributed by atoms with Gasteiger partial charge in [0.15, 0.2) is 0 Å². The van der Waals surface area contributed by atoms with Crippen molar-refractivity contribution in [1.82, 2.24) is 4.57 Å². The molecule has 0 spiro atoms. The molecule has 0 bridgehead atoms. The standard InChI is InChI=1S/C20H13BrN2/c21-20-11-16-9-8-14(12-22)10-19(16)23(20)13-17-6-3-5-15-4-1-2-7-18(15)17/h1-11H,13H2. The van der Waals surface area contributed by atoms with Gasteiger partial charge in [-0.15, -0.1) is 0 Å². The fraction of sp³-hybridized carbons (Fsp3) is 0.0500.